The summed E-state index contributed by atoms with van der Waals surface area (Å²) in [6.45, 7) is 1.43. The summed E-state index contributed by atoms with van der Waals surface area (Å²) in [5.74, 6) is 0.739. The van der Waals surface area contributed by atoms with Crippen LogP contribution in [-0.4, -0.2) is 24.2 Å². The smallest absolute Gasteiger partial charge is 0.142 e. The first kappa shape index (κ1) is 13.8. The molecule has 2 rings (SSSR count). The van der Waals surface area contributed by atoms with E-state index in [4.69, 9.17) is 10.00 Å². The highest BCUT2D eigenvalue weighted by atomic mass is 16.5. The molecule has 0 saturated heterocycles. The third-order valence-electron chi connectivity index (χ3n) is 3.43. The number of aromatic nitrogens is 1. The van der Waals surface area contributed by atoms with Crippen molar-refractivity contribution in [3.63, 3.8) is 0 Å². The van der Waals surface area contributed by atoms with Gasteiger partial charge in [-0.1, -0.05) is 31.7 Å². The Bertz CT molecular complexity index is 420. The molecule has 0 amide bonds. The highest BCUT2D eigenvalue weighted by molar-refractivity contribution is 5.38. The van der Waals surface area contributed by atoms with Gasteiger partial charge in [-0.25, -0.2) is 4.98 Å². The van der Waals surface area contributed by atoms with Crippen molar-refractivity contribution in [3.8, 4) is 6.07 Å². The summed E-state index contributed by atoms with van der Waals surface area (Å²) in [5.41, 5.74) is 0.440. The molecule has 0 spiro atoms. The first-order valence-electron chi connectivity index (χ1n) is 7.11. The molecule has 4 heteroatoms. The minimum Gasteiger partial charge on any atom is -0.376 e. The van der Waals surface area contributed by atoms with Gasteiger partial charge < -0.3 is 10.1 Å². The Hall–Kier alpha value is -1.60. The molecule has 1 aromatic rings. The largest absolute Gasteiger partial charge is 0.376 e. The molecule has 0 unspecified atom stereocenters. The number of nitrogens with one attached hydrogen (secondary N) is 1. The highest BCUT2D eigenvalue weighted by Crippen LogP contribution is 2.19. The summed E-state index contributed by atoms with van der Waals surface area (Å²) in [6.07, 6.45) is 8.12. The lowest BCUT2D eigenvalue weighted by Crippen LogP contribution is -2.18. The van der Waals surface area contributed by atoms with Gasteiger partial charge in [-0.2, -0.15) is 5.26 Å². The summed E-state index contributed by atoms with van der Waals surface area (Å²) >= 11 is 0. The number of anilines is 1. The molecular weight excluding hydrogens is 238 g/mol. The van der Waals surface area contributed by atoms with Gasteiger partial charge >= 0.3 is 0 Å². The topological polar surface area (TPSA) is 57.9 Å². The van der Waals surface area contributed by atoms with Crippen molar-refractivity contribution < 1.29 is 4.74 Å². The van der Waals surface area contributed by atoms with E-state index >= 15 is 0 Å². The van der Waals surface area contributed by atoms with Crippen LogP contribution < -0.4 is 5.32 Å². The predicted molar refractivity (Wildman–Crippen MR) is 74.9 cm³/mol. The van der Waals surface area contributed by atoms with Crippen LogP contribution in [0.5, 0.6) is 0 Å². The minimum absolute atomic E-state index is 0.433. The van der Waals surface area contributed by atoms with Crippen LogP contribution in [0.4, 0.5) is 5.82 Å². The second kappa shape index (κ2) is 7.75. The molecular formula is C15H21N3O. The molecule has 1 fully saturated rings. The summed E-state index contributed by atoms with van der Waals surface area (Å²) < 4.78 is 5.89. The molecule has 1 saturated carbocycles. The average molecular weight is 259 g/mol. The molecule has 1 aliphatic rings. The van der Waals surface area contributed by atoms with E-state index in [0.717, 1.165) is 12.4 Å². The molecule has 1 heterocycles. The van der Waals surface area contributed by atoms with Crippen molar-refractivity contribution in [1.82, 2.24) is 4.98 Å². The number of hydrogen-bond acceptors (Lipinski definition) is 4. The van der Waals surface area contributed by atoms with Gasteiger partial charge in [0.15, 0.2) is 0 Å². The number of hydrogen-bond donors (Lipinski definition) is 1. The van der Waals surface area contributed by atoms with E-state index in [-0.39, 0.29) is 0 Å². The van der Waals surface area contributed by atoms with Gasteiger partial charge in [-0.3, -0.25) is 0 Å². The van der Waals surface area contributed by atoms with Crippen LogP contribution in [0.3, 0.4) is 0 Å². The van der Waals surface area contributed by atoms with Crippen LogP contribution in [0.1, 0.15) is 44.2 Å². The fraction of sp³-hybridized carbons (Fsp3) is 0.600. The summed E-state index contributed by atoms with van der Waals surface area (Å²) in [5, 5.41) is 12.0. The zero-order chi connectivity index (χ0) is 13.3. The van der Waals surface area contributed by atoms with Crippen molar-refractivity contribution in [2.24, 2.45) is 0 Å². The molecule has 102 valence electrons. The Morgan fingerprint density at radius 3 is 2.79 bits per heavy atom. The third-order valence-corrected chi connectivity index (χ3v) is 3.43. The Kier molecular flexibility index (Phi) is 5.64. The molecule has 1 N–H and O–H groups in total. The van der Waals surface area contributed by atoms with Crippen LogP contribution >= 0.6 is 0 Å². The first-order chi connectivity index (χ1) is 9.38. The van der Waals surface area contributed by atoms with Gasteiger partial charge in [-0.05, 0) is 25.0 Å². The number of nitriles is 1. The fourth-order valence-corrected chi connectivity index (χ4v) is 2.41. The van der Waals surface area contributed by atoms with Crippen LogP contribution in [0.25, 0.3) is 0 Å². The number of ether oxygens (including phenoxy) is 1. The molecule has 0 radical (unpaired) electrons. The average Bonchev–Trinajstić information content (AvgIpc) is 2.72. The van der Waals surface area contributed by atoms with Gasteiger partial charge in [0, 0.05) is 6.54 Å². The molecule has 1 aromatic heterocycles. The third kappa shape index (κ3) is 4.88. The summed E-state index contributed by atoms with van der Waals surface area (Å²) in [6, 6.07) is 7.44. The lowest BCUT2D eigenvalue weighted by molar-refractivity contribution is 0.0501. The quantitative estimate of drug-likeness (QED) is 0.652. The second-order valence-electron chi connectivity index (χ2n) is 4.93. The van der Waals surface area contributed by atoms with Gasteiger partial charge in [0.05, 0.1) is 12.7 Å². The van der Waals surface area contributed by atoms with Gasteiger partial charge in [0.2, 0.25) is 0 Å². The Morgan fingerprint density at radius 2 is 2.05 bits per heavy atom. The Labute approximate surface area is 114 Å². The summed E-state index contributed by atoms with van der Waals surface area (Å²) in [4.78, 5) is 4.16. The van der Waals surface area contributed by atoms with E-state index in [1.807, 2.05) is 18.2 Å². The molecule has 0 bridgehead atoms. The maximum absolute atomic E-state index is 8.77. The lowest BCUT2D eigenvalue weighted by Gasteiger charge is -2.15. The summed E-state index contributed by atoms with van der Waals surface area (Å²) in [7, 11) is 0. The van der Waals surface area contributed by atoms with Crippen molar-refractivity contribution >= 4 is 5.82 Å². The molecule has 0 aromatic carbocycles. The van der Waals surface area contributed by atoms with Gasteiger partial charge in [-0.15, -0.1) is 0 Å². The maximum Gasteiger partial charge on any atom is 0.142 e. The fourth-order valence-electron chi connectivity index (χ4n) is 2.41. The van der Waals surface area contributed by atoms with Crippen LogP contribution in [-0.2, 0) is 4.74 Å². The Balaban J connectivity index is 1.67. The van der Waals surface area contributed by atoms with Crippen molar-refractivity contribution in [2.45, 2.75) is 44.6 Å². The van der Waals surface area contributed by atoms with E-state index in [1.165, 1.54) is 38.5 Å². The zero-order valence-electron chi connectivity index (χ0n) is 11.3. The van der Waals surface area contributed by atoms with E-state index in [9.17, 15) is 0 Å². The molecule has 1 aliphatic carbocycles. The lowest BCUT2D eigenvalue weighted by atomic mass is 10.1. The van der Waals surface area contributed by atoms with E-state index in [1.54, 1.807) is 6.07 Å². The number of nitrogens with zero attached hydrogens (tertiary/aromatic N) is 2. The van der Waals surface area contributed by atoms with Crippen molar-refractivity contribution in [1.29, 1.82) is 5.26 Å². The van der Waals surface area contributed by atoms with Crippen molar-refractivity contribution in [3.05, 3.63) is 23.9 Å². The maximum atomic E-state index is 8.77. The number of pyridine rings is 1. The standard InChI is InChI=1S/C15H21N3O/c16-12-13-6-5-9-15(18-13)17-10-11-19-14-7-3-1-2-4-8-14/h5-6,9,14H,1-4,7-8,10-11H2,(H,17,18). The van der Waals surface area contributed by atoms with Crippen molar-refractivity contribution in [2.75, 3.05) is 18.5 Å². The number of rotatable bonds is 5. The predicted octanol–water partition coefficient (Wildman–Crippen LogP) is 3.10. The van der Waals surface area contributed by atoms with Gasteiger partial charge in [0.25, 0.3) is 0 Å². The molecule has 0 atom stereocenters. The SMILES string of the molecule is N#Cc1cccc(NCCOC2CCCCCC2)n1. The highest BCUT2D eigenvalue weighted by Gasteiger charge is 2.11. The van der Waals surface area contributed by atoms with Crippen LogP contribution in [0.2, 0.25) is 0 Å². The minimum atomic E-state index is 0.433. The zero-order valence-corrected chi connectivity index (χ0v) is 11.3. The Morgan fingerprint density at radius 1 is 1.26 bits per heavy atom. The monoisotopic (exact) mass is 259 g/mol. The van der Waals surface area contributed by atoms with Crippen LogP contribution in [0, 0.1) is 11.3 Å². The van der Waals surface area contributed by atoms with E-state index < -0.39 is 0 Å². The second-order valence-corrected chi connectivity index (χ2v) is 4.93. The molecule has 0 aliphatic heterocycles. The van der Waals surface area contributed by atoms with Gasteiger partial charge in [0.1, 0.15) is 17.6 Å². The normalized spacial score (nSPS) is 16.6. The first-order valence-corrected chi connectivity index (χ1v) is 7.11. The van der Waals surface area contributed by atoms with Crippen LogP contribution in [0.15, 0.2) is 18.2 Å². The van der Waals surface area contributed by atoms with E-state index in [0.29, 0.717) is 18.4 Å². The molecule has 19 heavy (non-hydrogen) atoms. The van der Waals surface area contributed by atoms with E-state index in [2.05, 4.69) is 10.3 Å². The molecule has 4 nitrogen and oxygen atoms in total.